The standard InChI is InChI=1S/C11H18N2O4/c12-9(14)6-5-8(11(16)17)13-10(15)7-3-1-2-4-7/h7-8H,1-6H2,(H2,12,14)(H,13,15)(H,16,17). The molecule has 1 saturated carbocycles. The van der Waals surface area contributed by atoms with Gasteiger partial charge in [0.25, 0.3) is 0 Å². The van der Waals surface area contributed by atoms with Gasteiger partial charge in [0.1, 0.15) is 6.04 Å². The molecule has 6 heteroatoms. The Morgan fingerprint density at radius 3 is 2.35 bits per heavy atom. The number of carbonyl (C=O) groups is 3. The molecule has 1 fully saturated rings. The monoisotopic (exact) mass is 242 g/mol. The van der Waals surface area contributed by atoms with Gasteiger partial charge in [-0.15, -0.1) is 0 Å². The Labute approximate surface area is 99.6 Å². The van der Waals surface area contributed by atoms with Crippen LogP contribution in [0.25, 0.3) is 0 Å². The molecule has 1 atom stereocenters. The van der Waals surface area contributed by atoms with E-state index in [4.69, 9.17) is 10.8 Å². The number of rotatable bonds is 6. The lowest BCUT2D eigenvalue weighted by molar-refractivity contribution is -0.142. The topological polar surface area (TPSA) is 109 Å². The zero-order valence-electron chi connectivity index (χ0n) is 9.65. The Morgan fingerprint density at radius 1 is 1.29 bits per heavy atom. The van der Waals surface area contributed by atoms with Gasteiger partial charge in [-0.1, -0.05) is 12.8 Å². The van der Waals surface area contributed by atoms with E-state index in [9.17, 15) is 14.4 Å². The van der Waals surface area contributed by atoms with Crippen molar-refractivity contribution in [1.29, 1.82) is 0 Å². The Hall–Kier alpha value is -1.59. The van der Waals surface area contributed by atoms with Crippen LogP contribution in [0.15, 0.2) is 0 Å². The molecule has 0 radical (unpaired) electrons. The highest BCUT2D eigenvalue weighted by Gasteiger charge is 2.27. The highest BCUT2D eigenvalue weighted by Crippen LogP contribution is 2.24. The summed E-state index contributed by atoms with van der Waals surface area (Å²) in [6.07, 6.45) is 3.65. The minimum atomic E-state index is -1.13. The molecule has 0 bridgehead atoms. The maximum absolute atomic E-state index is 11.7. The van der Waals surface area contributed by atoms with Crippen molar-refractivity contribution in [1.82, 2.24) is 5.32 Å². The largest absolute Gasteiger partial charge is 0.480 e. The van der Waals surface area contributed by atoms with E-state index in [1.807, 2.05) is 0 Å². The second kappa shape index (κ2) is 6.22. The van der Waals surface area contributed by atoms with Gasteiger partial charge in [-0.25, -0.2) is 4.79 Å². The number of aliphatic carboxylic acids is 1. The van der Waals surface area contributed by atoms with Gasteiger partial charge in [0.2, 0.25) is 11.8 Å². The second-order valence-electron chi connectivity index (χ2n) is 4.39. The predicted octanol–water partition coefficient (Wildman–Crippen LogP) is 0.0115. The molecule has 0 spiro atoms. The molecule has 0 aromatic carbocycles. The minimum absolute atomic E-state index is 0.0398. The smallest absolute Gasteiger partial charge is 0.326 e. The van der Waals surface area contributed by atoms with Crippen molar-refractivity contribution in [3.63, 3.8) is 0 Å². The molecular formula is C11H18N2O4. The molecule has 17 heavy (non-hydrogen) atoms. The maximum atomic E-state index is 11.7. The van der Waals surface area contributed by atoms with Gasteiger partial charge in [0.15, 0.2) is 0 Å². The summed E-state index contributed by atoms with van der Waals surface area (Å²) in [4.78, 5) is 33.2. The number of carbonyl (C=O) groups excluding carboxylic acids is 2. The molecule has 0 aromatic heterocycles. The molecule has 6 nitrogen and oxygen atoms in total. The fourth-order valence-corrected chi connectivity index (χ4v) is 2.02. The van der Waals surface area contributed by atoms with Crippen molar-refractivity contribution in [2.75, 3.05) is 0 Å². The van der Waals surface area contributed by atoms with Crippen molar-refractivity contribution in [3.05, 3.63) is 0 Å². The second-order valence-corrected chi connectivity index (χ2v) is 4.39. The third-order valence-corrected chi connectivity index (χ3v) is 3.02. The average Bonchev–Trinajstić information content (AvgIpc) is 2.76. The first-order valence-electron chi connectivity index (χ1n) is 5.82. The first-order chi connectivity index (χ1) is 8.00. The van der Waals surface area contributed by atoms with Crippen molar-refractivity contribution in [2.45, 2.75) is 44.6 Å². The van der Waals surface area contributed by atoms with E-state index in [-0.39, 0.29) is 24.7 Å². The molecule has 0 aromatic rings. The number of hydrogen-bond acceptors (Lipinski definition) is 3. The van der Waals surface area contributed by atoms with Gasteiger partial charge in [-0.05, 0) is 19.3 Å². The van der Waals surface area contributed by atoms with Crippen LogP contribution in [0.1, 0.15) is 38.5 Å². The summed E-state index contributed by atoms with van der Waals surface area (Å²) in [5.74, 6) is -1.99. The number of nitrogens with one attached hydrogen (secondary N) is 1. The van der Waals surface area contributed by atoms with E-state index in [1.165, 1.54) is 0 Å². The molecule has 2 amide bonds. The molecule has 1 aliphatic rings. The van der Waals surface area contributed by atoms with E-state index in [0.29, 0.717) is 0 Å². The van der Waals surface area contributed by atoms with Crippen LogP contribution in [0.4, 0.5) is 0 Å². The highest BCUT2D eigenvalue weighted by molar-refractivity contribution is 5.85. The lowest BCUT2D eigenvalue weighted by Gasteiger charge is -2.16. The molecular weight excluding hydrogens is 224 g/mol. The maximum Gasteiger partial charge on any atom is 0.326 e. The van der Waals surface area contributed by atoms with Crippen molar-refractivity contribution in [2.24, 2.45) is 11.7 Å². The Bertz CT molecular complexity index is 311. The predicted molar refractivity (Wildman–Crippen MR) is 60.0 cm³/mol. The van der Waals surface area contributed by atoms with Gasteiger partial charge in [0.05, 0.1) is 0 Å². The number of nitrogens with two attached hydrogens (primary N) is 1. The highest BCUT2D eigenvalue weighted by atomic mass is 16.4. The minimum Gasteiger partial charge on any atom is -0.480 e. The van der Waals surface area contributed by atoms with Crippen LogP contribution in [0.3, 0.4) is 0 Å². The number of primary amides is 1. The van der Waals surface area contributed by atoms with Crippen LogP contribution >= 0.6 is 0 Å². The Balaban J connectivity index is 2.44. The molecule has 96 valence electrons. The van der Waals surface area contributed by atoms with E-state index >= 15 is 0 Å². The van der Waals surface area contributed by atoms with Crippen LogP contribution in [-0.2, 0) is 14.4 Å². The number of carboxylic acid groups (broad SMARTS) is 1. The van der Waals surface area contributed by atoms with E-state index < -0.39 is 17.9 Å². The van der Waals surface area contributed by atoms with E-state index in [2.05, 4.69) is 5.32 Å². The fraction of sp³-hybridized carbons (Fsp3) is 0.727. The number of hydrogen-bond donors (Lipinski definition) is 3. The van der Waals surface area contributed by atoms with Crippen LogP contribution in [0, 0.1) is 5.92 Å². The third-order valence-electron chi connectivity index (χ3n) is 3.02. The summed E-state index contributed by atoms with van der Waals surface area (Å²) in [6.45, 7) is 0. The molecule has 4 N–H and O–H groups in total. The molecule has 1 rings (SSSR count). The molecule has 1 unspecified atom stereocenters. The summed E-state index contributed by atoms with van der Waals surface area (Å²) in [5, 5.41) is 11.4. The fourth-order valence-electron chi connectivity index (χ4n) is 2.02. The van der Waals surface area contributed by atoms with Crippen LogP contribution in [0.5, 0.6) is 0 Å². The summed E-state index contributed by atoms with van der Waals surface area (Å²) in [6, 6.07) is -1.02. The molecule has 0 saturated heterocycles. The SMILES string of the molecule is NC(=O)CCC(NC(=O)C1CCCC1)C(=O)O. The van der Waals surface area contributed by atoms with Crippen LogP contribution in [0.2, 0.25) is 0 Å². The summed E-state index contributed by atoms with van der Waals surface area (Å²) in [7, 11) is 0. The molecule has 0 aliphatic heterocycles. The first-order valence-corrected chi connectivity index (χ1v) is 5.82. The normalized spacial score (nSPS) is 17.6. The Kier molecular flexibility index (Phi) is 4.93. The number of amides is 2. The summed E-state index contributed by atoms with van der Waals surface area (Å²) < 4.78 is 0. The van der Waals surface area contributed by atoms with Crippen molar-refractivity contribution >= 4 is 17.8 Å². The number of carboxylic acids is 1. The van der Waals surface area contributed by atoms with E-state index in [0.717, 1.165) is 25.7 Å². The van der Waals surface area contributed by atoms with Gasteiger partial charge in [-0.3, -0.25) is 9.59 Å². The van der Waals surface area contributed by atoms with Crippen LogP contribution in [-0.4, -0.2) is 28.9 Å². The zero-order chi connectivity index (χ0) is 12.8. The van der Waals surface area contributed by atoms with E-state index in [1.54, 1.807) is 0 Å². The van der Waals surface area contributed by atoms with Gasteiger partial charge in [-0.2, -0.15) is 0 Å². The average molecular weight is 242 g/mol. The summed E-state index contributed by atoms with van der Waals surface area (Å²) in [5.41, 5.74) is 4.95. The van der Waals surface area contributed by atoms with Gasteiger partial charge < -0.3 is 16.2 Å². The lowest BCUT2D eigenvalue weighted by atomic mass is 10.1. The zero-order valence-corrected chi connectivity index (χ0v) is 9.65. The quantitative estimate of drug-likeness (QED) is 0.609. The third kappa shape index (κ3) is 4.42. The first kappa shape index (κ1) is 13.5. The molecule has 0 heterocycles. The lowest BCUT2D eigenvalue weighted by Crippen LogP contribution is -2.43. The van der Waals surface area contributed by atoms with Crippen LogP contribution < -0.4 is 11.1 Å². The van der Waals surface area contributed by atoms with Gasteiger partial charge >= 0.3 is 5.97 Å². The Morgan fingerprint density at radius 2 is 1.88 bits per heavy atom. The van der Waals surface area contributed by atoms with Crippen molar-refractivity contribution in [3.8, 4) is 0 Å². The van der Waals surface area contributed by atoms with Crippen molar-refractivity contribution < 1.29 is 19.5 Å². The molecule has 1 aliphatic carbocycles. The van der Waals surface area contributed by atoms with Gasteiger partial charge in [0, 0.05) is 12.3 Å². The summed E-state index contributed by atoms with van der Waals surface area (Å²) >= 11 is 0.